The molecule has 2 fully saturated rings. The molecule has 2 rings (SSSR count). The zero-order valence-electron chi connectivity index (χ0n) is 11.4. The summed E-state index contributed by atoms with van der Waals surface area (Å²) in [6.45, 7) is 14.7. The lowest BCUT2D eigenvalue weighted by Crippen LogP contribution is -2.54. The summed E-state index contributed by atoms with van der Waals surface area (Å²) in [7, 11) is 0. The molecular weight excluding hydrogens is 216 g/mol. The molecule has 2 saturated heterocycles. The highest BCUT2D eigenvalue weighted by molar-refractivity contribution is 4.83. The molecule has 0 aliphatic carbocycles. The molecule has 2 heterocycles. The summed E-state index contributed by atoms with van der Waals surface area (Å²) in [4.78, 5) is 4.99. The Morgan fingerprint density at radius 1 is 1.06 bits per heavy atom. The van der Waals surface area contributed by atoms with Crippen molar-refractivity contribution < 1.29 is 9.47 Å². The minimum absolute atomic E-state index is 0.257. The Morgan fingerprint density at radius 3 is 2.41 bits per heavy atom. The van der Waals surface area contributed by atoms with Gasteiger partial charge in [-0.05, 0) is 20.8 Å². The summed E-state index contributed by atoms with van der Waals surface area (Å²) >= 11 is 0. The van der Waals surface area contributed by atoms with E-state index >= 15 is 0 Å². The summed E-state index contributed by atoms with van der Waals surface area (Å²) in [5.74, 6) is 0. The topological polar surface area (TPSA) is 24.9 Å². The number of nitrogens with zero attached hydrogens (tertiary/aromatic N) is 2. The van der Waals surface area contributed by atoms with Gasteiger partial charge in [0.25, 0.3) is 0 Å². The van der Waals surface area contributed by atoms with Crippen LogP contribution in [0.25, 0.3) is 0 Å². The largest absolute Gasteiger partial charge is 0.379 e. The van der Waals surface area contributed by atoms with E-state index in [2.05, 4.69) is 30.6 Å². The highest BCUT2D eigenvalue weighted by Gasteiger charge is 2.29. The maximum Gasteiger partial charge on any atom is 0.0829 e. The zero-order valence-corrected chi connectivity index (χ0v) is 11.4. The summed E-state index contributed by atoms with van der Waals surface area (Å²) < 4.78 is 11.3. The average Bonchev–Trinajstić information content (AvgIpc) is 2.29. The monoisotopic (exact) mass is 242 g/mol. The minimum atomic E-state index is 0.257. The van der Waals surface area contributed by atoms with E-state index in [4.69, 9.17) is 9.47 Å². The molecule has 2 aliphatic rings. The van der Waals surface area contributed by atoms with E-state index in [9.17, 15) is 0 Å². The predicted octanol–water partition coefficient (Wildman–Crippen LogP) is 0.818. The highest BCUT2D eigenvalue weighted by atomic mass is 16.5. The average molecular weight is 242 g/mol. The van der Waals surface area contributed by atoms with E-state index < -0.39 is 0 Å². The number of hydrogen-bond acceptors (Lipinski definition) is 4. The van der Waals surface area contributed by atoms with E-state index in [-0.39, 0.29) is 5.54 Å². The van der Waals surface area contributed by atoms with Gasteiger partial charge in [-0.25, -0.2) is 0 Å². The molecule has 0 spiro atoms. The number of morpholine rings is 2. The van der Waals surface area contributed by atoms with E-state index in [1.807, 2.05) is 0 Å². The van der Waals surface area contributed by atoms with E-state index in [1.54, 1.807) is 0 Å². The molecule has 0 aromatic carbocycles. The molecule has 100 valence electrons. The van der Waals surface area contributed by atoms with Gasteiger partial charge in [0.1, 0.15) is 0 Å². The molecule has 0 radical (unpaired) electrons. The fourth-order valence-corrected chi connectivity index (χ4v) is 2.51. The van der Waals surface area contributed by atoms with Gasteiger partial charge in [0.15, 0.2) is 0 Å². The standard InChI is InChI=1S/C13H26N2O2/c1-13(2,3)15-6-9-17-12(11-15)10-14-4-7-16-8-5-14/h12H,4-11H2,1-3H3. The molecule has 0 aromatic rings. The lowest BCUT2D eigenvalue weighted by Gasteiger charge is -2.43. The van der Waals surface area contributed by atoms with Gasteiger partial charge in [-0.15, -0.1) is 0 Å². The van der Waals surface area contributed by atoms with Gasteiger partial charge in [0.2, 0.25) is 0 Å². The molecule has 0 bridgehead atoms. The van der Waals surface area contributed by atoms with Gasteiger partial charge < -0.3 is 9.47 Å². The third-order valence-electron chi connectivity index (χ3n) is 3.65. The second-order valence-corrected chi connectivity index (χ2v) is 6.02. The predicted molar refractivity (Wildman–Crippen MR) is 68.3 cm³/mol. The first-order chi connectivity index (χ1) is 8.05. The van der Waals surface area contributed by atoms with Crippen molar-refractivity contribution >= 4 is 0 Å². The van der Waals surface area contributed by atoms with Crippen LogP contribution in [0.4, 0.5) is 0 Å². The molecule has 0 amide bonds. The third-order valence-corrected chi connectivity index (χ3v) is 3.65. The van der Waals surface area contributed by atoms with Crippen molar-refractivity contribution in [2.24, 2.45) is 0 Å². The van der Waals surface area contributed by atoms with Crippen LogP contribution >= 0.6 is 0 Å². The van der Waals surface area contributed by atoms with E-state index in [1.165, 1.54) is 0 Å². The summed E-state index contributed by atoms with van der Waals surface area (Å²) in [5, 5.41) is 0. The first-order valence-corrected chi connectivity index (χ1v) is 6.72. The molecule has 4 heteroatoms. The number of rotatable bonds is 2. The Balaban J connectivity index is 1.80. The van der Waals surface area contributed by atoms with Crippen LogP contribution in [-0.4, -0.2) is 74.0 Å². The Labute approximate surface area is 105 Å². The molecule has 0 saturated carbocycles. The molecule has 1 unspecified atom stereocenters. The van der Waals surface area contributed by atoms with Gasteiger partial charge in [-0.1, -0.05) is 0 Å². The fraction of sp³-hybridized carbons (Fsp3) is 1.00. The van der Waals surface area contributed by atoms with Crippen LogP contribution in [0.1, 0.15) is 20.8 Å². The van der Waals surface area contributed by atoms with E-state index in [0.717, 1.165) is 52.5 Å². The van der Waals surface area contributed by atoms with Crippen molar-refractivity contribution in [3.63, 3.8) is 0 Å². The van der Waals surface area contributed by atoms with Gasteiger partial charge >= 0.3 is 0 Å². The molecule has 1 atom stereocenters. The Kier molecular flexibility index (Phi) is 4.42. The van der Waals surface area contributed by atoms with Crippen molar-refractivity contribution in [3.05, 3.63) is 0 Å². The molecule has 0 N–H and O–H groups in total. The van der Waals surface area contributed by atoms with Crippen LogP contribution in [0.15, 0.2) is 0 Å². The van der Waals surface area contributed by atoms with Crippen LogP contribution in [0, 0.1) is 0 Å². The SMILES string of the molecule is CC(C)(C)N1CCOC(CN2CCOCC2)C1. The first kappa shape index (κ1) is 13.3. The lowest BCUT2D eigenvalue weighted by molar-refractivity contribution is -0.0777. The molecule has 2 aliphatic heterocycles. The van der Waals surface area contributed by atoms with Crippen LogP contribution < -0.4 is 0 Å². The third kappa shape index (κ3) is 3.91. The van der Waals surface area contributed by atoms with Crippen LogP contribution in [0.2, 0.25) is 0 Å². The summed E-state index contributed by atoms with van der Waals surface area (Å²) in [5.41, 5.74) is 0.257. The number of hydrogen-bond donors (Lipinski definition) is 0. The van der Waals surface area contributed by atoms with Gasteiger partial charge in [0, 0.05) is 38.3 Å². The lowest BCUT2D eigenvalue weighted by atomic mass is 10.0. The Bertz CT molecular complexity index is 234. The Hall–Kier alpha value is -0.160. The number of ether oxygens (including phenoxy) is 2. The van der Waals surface area contributed by atoms with Crippen molar-refractivity contribution in [1.29, 1.82) is 0 Å². The van der Waals surface area contributed by atoms with Crippen molar-refractivity contribution in [2.45, 2.75) is 32.4 Å². The van der Waals surface area contributed by atoms with Crippen LogP contribution in [-0.2, 0) is 9.47 Å². The smallest absolute Gasteiger partial charge is 0.0829 e. The normalized spacial score (nSPS) is 29.5. The summed E-state index contributed by atoms with van der Waals surface area (Å²) in [6.07, 6.45) is 0.362. The first-order valence-electron chi connectivity index (χ1n) is 6.72. The van der Waals surface area contributed by atoms with E-state index in [0.29, 0.717) is 6.10 Å². The van der Waals surface area contributed by atoms with Crippen molar-refractivity contribution in [2.75, 3.05) is 52.5 Å². The molecule has 0 aromatic heterocycles. The van der Waals surface area contributed by atoms with Crippen LogP contribution in [0.3, 0.4) is 0 Å². The van der Waals surface area contributed by atoms with Crippen molar-refractivity contribution in [1.82, 2.24) is 9.80 Å². The molecule has 4 nitrogen and oxygen atoms in total. The quantitative estimate of drug-likeness (QED) is 0.716. The van der Waals surface area contributed by atoms with Gasteiger partial charge in [0.05, 0.1) is 25.9 Å². The summed E-state index contributed by atoms with van der Waals surface area (Å²) in [6, 6.07) is 0. The Morgan fingerprint density at radius 2 is 1.76 bits per heavy atom. The second kappa shape index (κ2) is 5.65. The second-order valence-electron chi connectivity index (χ2n) is 6.02. The zero-order chi connectivity index (χ0) is 12.3. The highest BCUT2D eigenvalue weighted by Crippen LogP contribution is 2.18. The van der Waals surface area contributed by atoms with Crippen molar-refractivity contribution in [3.8, 4) is 0 Å². The molecular formula is C13H26N2O2. The van der Waals surface area contributed by atoms with Gasteiger partial charge in [-0.2, -0.15) is 0 Å². The fourth-order valence-electron chi connectivity index (χ4n) is 2.51. The maximum atomic E-state index is 5.88. The van der Waals surface area contributed by atoms with Crippen LogP contribution in [0.5, 0.6) is 0 Å². The van der Waals surface area contributed by atoms with Gasteiger partial charge in [-0.3, -0.25) is 9.80 Å². The minimum Gasteiger partial charge on any atom is -0.379 e. The maximum absolute atomic E-state index is 5.88. The molecule has 17 heavy (non-hydrogen) atoms.